The van der Waals surface area contributed by atoms with E-state index in [1.165, 1.54) is 17.0 Å². The Bertz CT molecular complexity index is 549. The average molecular weight is 274 g/mol. The summed E-state index contributed by atoms with van der Waals surface area (Å²) in [5, 5.41) is 21.3. The Morgan fingerprint density at radius 1 is 1.20 bits per heavy atom. The van der Waals surface area contributed by atoms with Crippen molar-refractivity contribution in [3.63, 3.8) is 0 Å². The fraction of sp³-hybridized carbons (Fsp3) is 0.375. The van der Waals surface area contributed by atoms with Crippen LogP contribution >= 0.6 is 0 Å². The Kier molecular flexibility index (Phi) is 4.95. The maximum Gasteiger partial charge on any atom is 0.0895 e. The Balaban J connectivity index is 2.13. The van der Waals surface area contributed by atoms with Crippen molar-refractivity contribution >= 4 is 0 Å². The van der Waals surface area contributed by atoms with Gasteiger partial charge in [-0.15, -0.1) is 0 Å². The highest BCUT2D eigenvalue weighted by molar-refractivity contribution is 5.40. The number of rotatable bonds is 6. The number of hydrogen-bond acceptors (Lipinski definition) is 3. The highest BCUT2D eigenvalue weighted by atomic mass is 16.3. The van der Waals surface area contributed by atoms with Crippen molar-refractivity contribution in [2.75, 3.05) is 13.2 Å². The molecule has 0 aliphatic carbocycles. The van der Waals surface area contributed by atoms with Crippen molar-refractivity contribution in [3.8, 4) is 5.69 Å². The van der Waals surface area contributed by atoms with Crippen LogP contribution in [-0.4, -0.2) is 34.0 Å². The molecule has 0 bridgehead atoms. The van der Waals surface area contributed by atoms with Gasteiger partial charge in [0.25, 0.3) is 0 Å². The van der Waals surface area contributed by atoms with Gasteiger partial charge in [-0.05, 0) is 37.6 Å². The van der Waals surface area contributed by atoms with E-state index >= 15 is 0 Å². The minimum absolute atomic E-state index is 0.212. The number of aryl methyl sites for hydroxylation is 1. The lowest BCUT2D eigenvalue weighted by Gasteiger charge is -2.11. The molecule has 0 aliphatic rings. The molecule has 2 rings (SSSR count). The molecule has 0 saturated heterocycles. The summed E-state index contributed by atoms with van der Waals surface area (Å²) in [6, 6.07) is 12.4. The second kappa shape index (κ2) is 6.70. The summed E-state index contributed by atoms with van der Waals surface area (Å²) < 4.78 is 2.22. The lowest BCUT2D eigenvalue weighted by molar-refractivity contribution is 0.0942. The van der Waals surface area contributed by atoms with Crippen LogP contribution < -0.4 is 5.32 Å². The molecule has 1 unspecified atom stereocenters. The second-order valence-electron chi connectivity index (χ2n) is 5.03. The van der Waals surface area contributed by atoms with Crippen LogP contribution in [-0.2, 0) is 6.54 Å². The first-order valence-corrected chi connectivity index (χ1v) is 6.86. The van der Waals surface area contributed by atoms with E-state index in [2.05, 4.69) is 41.9 Å². The third-order valence-corrected chi connectivity index (χ3v) is 3.46. The number of aliphatic hydroxyl groups excluding tert-OH is 2. The molecule has 0 spiro atoms. The van der Waals surface area contributed by atoms with E-state index in [9.17, 15) is 5.11 Å². The maximum absolute atomic E-state index is 9.33. The van der Waals surface area contributed by atoms with Crippen molar-refractivity contribution in [1.29, 1.82) is 0 Å². The topological polar surface area (TPSA) is 57.4 Å². The number of aromatic nitrogens is 1. The van der Waals surface area contributed by atoms with Crippen molar-refractivity contribution in [3.05, 3.63) is 53.3 Å². The van der Waals surface area contributed by atoms with Crippen molar-refractivity contribution in [1.82, 2.24) is 9.88 Å². The largest absolute Gasteiger partial charge is 0.394 e. The minimum Gasteiger partial charge on any atom is -0.394 e. The Morgan fingerprint density at radius 2 is 1.90 bits per heavy atom. The Hall–Kier alpha value is -1.62. The SMILES string of the molecule is Cc1cc(CNCC(O)CO)c(C)n1-c1ccccc1. The van der Waals surface area contributed by atoms with Crippen LogP contribution in [0.4, 0.5) is 0 Å². The second-order valence-corrected chi connectivity index (χ2v) is 5.03. The quantitative estimate of drug-likeness (QED) is 0.749. The Labute approximate surface area is 119 Å². The highest BCUT2D eigenvalue weighted by Gasteiger charge is 2.10. The van der Waals surface area contributed by atoms with E-state index in [-0.39, 0.29) is 6.61 Å². The normalized spacial score (nSPS) is 12.6. The third-order valence-electron chi connectivity index (χ3n) is 3.46. The molecule has 3 N–H and O–H groups in total. The van der Waals surface area contributed by atoms with Crippen LogP contribution in [0.2, 0.25) is 0 Å². The van der Waals surface area contributed by atoms with Gasteiger partial charge in [0.1, 0.15) is 0 Å². The number of nitrogens with one attached hydrogen (secondary N) is 1. The van der Waals surface area contributed by atoms with E-state index in [1.54, 1.807) is 0 Å². The molecular formula is C16H22N2O2. The van der Waals surface area contributed by atoms with E-state index in [4.69, 9.17) is 5.11 Å². The van der Waals surface area contributed by atoms with Crippen LogP contribution in [0.3, 0.4) is 0 Å². The van der Waals surface area contributed by atoms with Gasteiger partial charge in [-0.3, -0.25) is 0 Å². The van der Waals surface area contributed by atoms with Crippen LogP contribution in [0.15, 0.2) is 36.4 Å². The molecule has 20 heavy (non-hydrogen) atoms. The van der Waals surface area contributed by atoms with Crippen LogP contribution in [0.1, 0.15) is 17.0 Å². The zero-order valence-corrected chi connectivity index (χ0v) is 12.0. The van der Waals surface area contributed by atoms with Crippen molar-refractivity contribution in [2.24, 2.45) is 0 Å². The maximum atomic E-state index is 9.33. The lowest BCUT2D eigenvalue weighted by atomic mass is 10.2. The summed E-state index contributed by atoms with van der Waals surface area (Å²) in [4.78, 5) is 0. The van der Waals surface area contributed by atoms with Crippen LogP contribution in [0.25, 0.3) is 5.69 Å². The van der Waals surface area contributed by atoms with E-state index in [1.807, 2.05) is 18.2 Å². The van der Waals surface area contributed by atoms with Gasteiger partial charge in [0.2, 0.25) is 0 Å². The van der Waals surface area contributed by atoms with Gasteiger partial charge in [0.15, 0.2) is 0 Å². The molecule has 0 saturated carbocycles. The third kappa shape index (κ3) is 3.28. The summed E-state index contributed by atoms with van der Waals surface area (Å²) in [6.45, 7) is 5.05. The van der Waals surface area contributed by atoms with Crippen LogP contribution in [0, 0.1) is 13.8 Å². The van der Waals surface area contributed by atoms with Crippen LogP contribution in [0.5, 0.6) is 0 Å². The van der Waals surface area contributed by atoms with Gasteiger partial charge in [-0.25, -0.2) is 0 Å². The zero-order chi connectivity index (χ0) is 14.5. The fourth-order valence-electron chi connectivity index (χ4n) is 2.42. The number of benzene rings is 1. The van der Waals surface area contributed by atoms with E-state index in [0.717, 1.165) is 5.69 Å². The van der Waals surface area contributed by atoms with Gasteiger partial charge in [0, 0.05) is 30.2 Å². The summed E-state index contributed by atoms with van der Waals surface area (Å²) in [5.74, 6) is 0. The molecule has 1 aromatic carbocycles. The monoisotopic (exact) mass is 274 g/mol. The first-order valence-electron chi connectivity index (χ1n) is 6.86. The average Bonchev–Trinajstić information content (AvgIpc) is 2.74. The minimum atomic E-state index is -0.701. The number of nitrogens with zero attached hydrogens (tertiary/aromatic N) is 1. The van der Waals surface area contributed by atoms with E-state index in [0.29, 0.717) is 13.1 Å². The fourth-order valence-corrected chi connectivity index (χ4v) is 2.42. The smallest absolute Gasteiger partial charge is 0.0895 e. The molecule has 108 valence electrons. The summed E-state index contributed by atoms with van der Waals surface area (Å²) in [5.41, 5.74) is 4.74. The number of aliphatic hydroxyl groups is 2. The van der Waals surface area contributed by atoms with E-state index < -0.39 is 6.10 Å². The first-order chi connectivity index (χ1) is 9.63. The molecule has 2 aromatic rings. The molecule has 1 atom stereocenters. The summed E-state index contributed by atoms with van der Waals surface area (Å²) >= 11 is 0. The molecule has 1 aromatic heterocycles. The van der Waals surface area contributed by atoms with Gasteiger partial charge in [0.05, 0.1) is 12.7 Å². The summed E-state index contributed by atoms with van der Waals surface area (Å²) in [7, 11) is 0. The first kappa shape index (κ1) is 14.8. The molecule has 4 heteroatoms. The molecule has 0 radical (unpaired) electrons. The lowest BCUT2D eigenvalue weighted by Crippen LogP contribution is -2.29. The van der Waals surface area contributed by atoms with Gasteiger partial charge in [-0.1, -0.05) is 18.2 Å². The number of para-hydroxylation sites is 1. The predicted molar refractivity (Wildman–Crippen MR) is 80.0 cm³/mol. The molecule has 0 fully saturated rings. The van der Waals surface area contributed by atoms with Gasteiger partial charge < -0.3 is 20.1 Å². The Morgan fingerprint density at radius 3 is 2.55 bits per heavy atom. The molecule has 0 amide bonds. The molecule has 0 aliphatic heterocycles. The standard InChI is InChI=1S/C16H22N2O2/c1-12-8-14(9-17-10-16(20)11-19)13(2)18(12)15-6-4-3-5-7-15/h3-8,16-17,19-20H,9-11H2,1-2H3. The molecule has 1 heterocycles. The number of hydrogen-bond donors (Lipinski definition) is 3. The van der Waals surface area contributed by atoms with Gasteiger partial charge >= 0.3 is 0 Å². The predicted octanol–water partition coefficient (Wildman–Crippen LogP) is 1.54. The summed E-state index contributed by atoms with van der Waals surface area (Å²) in [6.07, 6.45) is -0.701. The van der Waals surface area contributed by atoms with Crippen molar-refractivity contribution in [2.45, 2.75) is 26.5 Å². The van der Waals surface area contributed by atoms with Gasteiger partial charge in [-0.2, -0.15) is 0 Å². The molecule has 4 nitrogen and oxygen atoms in total. The van der Waals surface area contributed by atoms with Crippen molar-refractivity contribution < 1.29 is 10.2 Å². The highest BCUT2D eigenvalue weighted by Crippen LogP contribution is 2.20. The zero-order valence-electron chi connectivity index (χ0n) is 12.0. The molecular weight excluding hydrogens is 252 g/mol.